The van der Waals surface area contributed by atoms with Crippen molar-refractivity contribution in [2.24, 2.45) is 0 Å². The van der Waals surface area contributed by atoms with Gasteiger partial charge >= 0.3 is 0 Å². The Kier molecular flexibility index (Phi) is 3.26. The van der Waals surface area contributed by atoms with Gasteiger partial charge < -0.3 is 0 Å². The molecule has 0 bridgehead atoms. The summed E-state index contributed by atoms with van der Waals surface area (Å²) in [5.41, 5.74) is 0. The van der Waals surface area contributed by atoms with Crippen LogP contribution in [0, 0.1) is 0 Å². The van der Waals surface area contributed by atoms with E-state index in [1.165, 1.54) is 0 Å². The Balaban J connectivity index is 2.69. The molecule has 11 heavy (non-hydrogen) atoms. The minimum absolute atomic E-state index is 0.474. The molecule has 1 atom stereocenters. The molecular formula is C8H10O2S. The third kappa shape index (κ3) is 2.44. The van der Waals surface area contributed by atoms with Crippen LogP contribution < -0.4 is 0 Å². The van der Waals surface area contributed by atoms with Crippen LogP contribution in [0.15, 0.2) is 35.2 Å². The summed E-state index contributed by atoms with van der Waals surface area (Å²) in [4.78, 5) is 0.717. The summed E-state index contributed by atoms with van der Waals surface area (Å²) >= 11 is -1.28. The van der Waals surface area contributed by atoms with Crippen molar-refractivity contribution in [3.63, 3.8) is 0 Å². The van der Waals surface area contributed by atoms with E-state index in [1.54, 1.807) is 12.1 Å². The number of hydrogen-bond donors (Lipinski definition) is 0. The molecule has 0 aliphatic carbocycles. The van der Waals surface area contributed by atoms with Crippen LogP contribution in [0.3, 0.4) is 0 Å². The molecule has 0 amide bonds. The Hall–Kier alpha value is -0.670. The van der Waals surface area contributed by atoms with Crippen LogP contribution in [0.4, 0.5) is 0 Å². The molecule has 0 fully saturated rings. The predicted octanol–water partition coefficient (Wildman–Crippen LogP) is 1.75. The first-order valence-corrected chi connectivity index (χ1v) is 4.52. The van der Waals surface area contributed by atoms with Crippen LogP contribution >= 0.6 is 0 Å². The van der Waals surface area contributed by atoms with Crippen LogP contribution in [0.2, 0.25) is 0 Å². The zero-order chi connectivity index (χ0) is 8.10. The summed E-state index contributed by atoms with van der Waals surface area (Å²) in [6.45, 7) is 2.29. The lowest BCUT2D eigenvalue weighted by atomic mass is 10.4. The highest BCUT2D eigenvalue weighted by atomic mass is 32.2. The van der Waals surface area contributed by atoms with E-state index in [9.17, 15) is 4.21 Å². The maximum atomic E-state index is 11.1. The smallest absolute Gasteiger partial charge is 0.189 e. The van der Waals surface area contributed by atoms with E-state index in [1.807, 2.05) is 25.1 Å². The largest absolute Gasteiger partial charge is 0.287 e. The molecule has 0 N–H and O–H groups in total. The third-order valence-corrected chi connectivity index (χ3v) is 2.27. The van der Waals surface area contributed by atoms with Gasteiger partial charge in [0.25, 0.3) is 0 Å². The van der Waals surface area contributed by atoms with Crippen LogP contribution in [-0.2, 0) is 15.3 Å². The zero-order valence-electron chi connectivity index (χ0n) is 6.32. The highest BCUT2D eigenvalue weighted by molar-refractivity contribution is 7.80. The van der Waals surface area contributed by atoms with Crippen molar-refractivity contribution in [3.05, 3.63) is 30.3 Å². The van der Waals surface area contributed by atoms with E-state index in [0.29, 0.717) is 11.5 Å². The van der Waals surface area contributed by atoms with Gasteiger partial charge in [0.2, 0.25) is 0 Å². The monoisotopic (exact) mass is 170 g/mol. The van der Waals surface area contributed by atoms with Crippen LogP contribution in [0.1, 0.15) is 6.92 Å². The predicted molar refractivity (Wildman–Crippen MR) is 44.5 cm³/mol. The van der Waals surface area contributed by atoms with Crippen LogP contribution in [-0.4, -0.2) is 10.8 Å². The van der Waals surface area contributed by atoms with Gasteiger partial charge in [-0.3, -0.25) is 4.18 Å². The molecule has 0 saturated heterocycles. The summed E-state index contributed by atoms with van der Waals surface area (Å²) in [6, 6.07) is 9.13. The van der Waals surface area contributed by atoms with Gasteiger partial charge in [-0.15, -0.1) is 0 Å². The number of rotatable bonds is 3. The molecule has 1 aromatic rings. The lowest BCUT2D eigenvalue weighted by Gasteiger charge is -1.98. The van der Waals surface area contributed by atoms with E-state index in [4.69, 9.17) is 4.18 Å². The molecule has 3 heteroatoms. The summed E-state index contributed by atoms with van der Waals surface area (Å²) in [7, 11) is 0. The van der Waals surface area contributed by atoms with Gasteiger partial charge in [-0.25, -0.2) is 4.21 Å². The maximum Gasteiger partial charge on any atom is 0.189 e. The molecule has 2 nitrogen and oxygen atoms in total. The van der Waals surface area contributed by atoms with Gasteiger partial charge in [-0.1, -0.05) is 18.2 Å². The molecule has 0 aliphatic rings. The average Bonchev–Trinajstić information content (AvgIpc) is 2.07. The first kappa shape index (κ1) is 8.43. The normalized spacial score (nSPS) is 12.8. The number of benzene rings is 1. The Morgan fingerprint density at radius 1 is 1.36 bits per heavy atom. The Labute approximate surface area is 68.9 Å². The standard InChI is InChI=1S/C8H10O2S/c1-2-10-11(9)8-6-4-3-5-7-8/h3-7H,2H2,1H3. The maximum absolute atomic E-state index is 11.1. The molecule has 0 aromatic heterocycles. The van der Waals surface area contributed by atoms with Crippen molar-refractivity contribution < 1.29 is 8.39 Å². The van der Waals surface area contributed by atoms with Crippen molar-refractivity contribution >= 4 is 11.1 Å². The molecule has 0 radical (unpaired) electrons. The van der Waals surface area contributed by atoms with Gasteiger partial charge in [-0.2, -0.15) is 0 Å². The summed E-state index contributed by atoms with van der Waals surface area (Å²) < 4.78 is 16.0. The molecular weight excluding hydrogens is 160 g/mol. The fraction of sp³-hybridized carbons (Fsp3) is 0.250. The van der Waals surface area contributed by atoms with E-state index < -0.39 is 11.1 Å². The molecule has 1 aromatic carbocycles. The number of hydrogen-bond acceptors (Lipinski definition) is 2. The van der Waals surface area contributed by atoms with Gasteiger partial charge in [-0.05, 0) is 19.1 Å². The second-order valence-corrected chi connectivity index (χ2v) is 3.13. The molecule has 0 heterocycles. The minimum atomic E-state index is -1.28. The summed E-state index contributed by atoms with van der Waals surface area (Å²) in [5.74, 6) is 0. The van der Waals surface area contributed by atoms with Crippen molar-refractivity contribution in [1.82, 2.24) is 0 Å². The quantitative estimate of drug-likeness (QED) is 0.690. The molecule has 0 saturated carbocycles. The second-order valence-electron chi connectivity index (χ2n) is 1.95. The van der Waals surface area contributed by atoms with Gasteiger partial charge in [0.05, 0.1) is 11.5 Å². The van der Waals surface area contributed by atoms with Gasteiger partial charge in [0.15, 0.2) is 11.1 Å². The molecule has 1 rings (SSSR count). The fourth-order valence-corrected chi connectivity index (χ4v) is 1.44. The van der Waals surface area contributed by atoms with E-state index in [-0.39, 0.29) is 0 Å². The molecule has 60 valence electrons. The lowest BCUT2D eigenvalue weighted by Crippen LogP contribution is -1.96. The van der Waals surface area contributed by atoms with Crippen LogP contribution in [0.5, 0.6) is 0 Å². The lowest BCUT2D eigenvalue weighted by molar-refractivity contribution is 0.371. The van der Waals surface area contributed by atoms with E-state index in [0.717, 1.165) is 0 Å². The third-order valence-electron chi connectivity index (χ3n) is 1.16. The average molecular weight is 170 g/mol. The molecule has 0 spiro atoms. The highest BCUT2D eigenvalue weighted by Crippen LogP contribution is 2.05. The first-order valence-electron chi connectivity index (χ1n) is 3.44. The summed E-state index contributed by atoms with van der Waals surface area (Å²) in [6.07, 6.45) is 0. The molecule has 1 unspecified atom stereocenters. The van der Waals surface area contributed by atoms with Crippen molar-refractivity contribution in [3.8, 4) is 0 Å². The Bertz CT molecular complexity index is 233. The minimum Gasteiger partial charge on any atom is -0.287 e. The summed E-state index contributed by atoms with van der Waals surface area (Å²) in [5, 5.41) is 0. The van der Waals surface area contributed by atoms with Crippen LogP contribution in [0.25, 0.3) is 0 Å². The van der Waals surface area contributed by atoms with Crippen molar-refractivity contribution in [1.29, 1.82) is 0 Å². The van der Waals surface area contributed by atoms with Gasteiger partial charge in [0, 0.05) is 0 Å². The van der Waals surface area contributed by atoms with E-state index >= 15 is 0 Å². The highest BCUT2D eigenvalue weighted by Gasteiger charge is 1.99. The van der Waals surface area contributed by atoms with Crippen molar-refractivity contribution in [2.45, 2.75) is 11.8 Å². The molecule has 0 aliphatic heterocycles. The topological polar surface area (TPSA) is 26.3 Å². The first-order chi connectivity index (χ1) is 5.34. The zero-order valence-corrected chi connectivity index (χ0v) is 7.14. The van der Waals surface area contributed by atoms with Gasteiger partial charge in [0.1, 0.15) is 0 Å². The van der Waals surface area contributed by atoms with Crippen molar-refractivity contribution in [2.75, 3.05) is 6.61 Å². The Morgan fingerprint density at radius 3 is 2.55 bits per heavy atom. The SMILES string of the molecule is CCOS(=O)c1ccccc1. The van der Waals surface area contributed by atoms with E-state index in [2.05, 4.69) is 0 Å². The fourth-order valence-electron chi connectivity index (χ4n) is 0.707. The Morgan fingerprint density at radius 2 is 2.00 bits per heavy atom. The second kappa shape index (κ2) is 4.26.